The molecule has 1 unspecified atom stereocenters. The van der Waals surface area contributed by atoms with E-state index in [0.717, 1.165) is 32.5 Å². The number of aryl methyl sites for hydroxylation is 1. The fraction of sp³-hybridized carbons (Fsp3) is 0.533. The first-order chi connectivity index (χ1) is 8.70. The van der Waals surface area contributed by atoms with E-state index in [-0.39, 0.29) is 11.9 Å². The zero-order chi connectivity index (χ0) is 13.0. The molecule has 3 heteroatoms. The van der Waals surface area contributed by atoms with Gasteiger partial charge in [0.2, 0.25) is 5.91 Å². The number of likely N-dealkylation sites (N-methyl/N-ethyl adjacent to an activating group) is 1. The molecule has 0 aliphatic carbocycles. The topological polar surface area (TPSA) is 32.3 Å². The third-order valence-electron chi connectivity index (χ3n) is 3.44. The molecule has 1 saturated heterocycles. The molecule has 0 saturated carbocycles. The molecular formula is C15H22N2O. The number of nitrogens with zero attached hydrogens (tertiary/aromatic N) is 1. The monoisotopic (exact) mass is 246 g/mol. The maximum atomic E-state index is 12.3. The number of carbonyl (C=O) groups excluding carboxylic acids is 1. The molecule has 1 heterocycles. The van der Waals surface area contributed by atoms with Gasteiger partial charge in [0.1, 0.15) is 0 Å². The van der Waals surface area contributed by atoms with Gasteiger partial charge in [-0.05, 0) is 31.9 Å². The lowest BCUT2D eigenvalue weighted by molar-refractivity contribution is -0.136. The first kappa shape index (κ1) is 13.1. The Morgan fingerprint density at radius 3 is 3.00 bits per heavy atom. The highest BCUT2D eigenvalue weighted by Gasteiger charge is 2.27. The fourth-order valence-electron chi connectivity index (χ4n) is 2.56. The average Bonchev–Trinajstić information content (AvgIpc) is 2.35. The van der Waals surface area contributed by atoms with E-state index in [9.17, 15) is 4.79 Å². The molecule has 0 radical (unpaired) electrons. The zero-order valence-corrected chi connectivity index (χ0v) is 11.3. The summed E-state index contributed by atoms with van der Waals surface area (Å²) in [5.41, 5.74) is 2.47. The van der Waals surface area contributed by atoms with Crippen molar-refractivity contribution in [3.05, 3.63) is 35.4 Å². The lowest BCUT2D eigenvalue weighted by Crippen LogP contribution is -2.50. The summed E-state index contributed by atoms with van der Waals surface area (Å²) in [5, 5.41) is 3.27. The minimum Gasteiger partial charge on any atom is -0.337 e. The number of likely N-dealkylation sites (tertiary alicyclic amines) is 1. The van der Waals surface area contributed by atoms with Gasteiger partial charge in [0, 0.05) is 13.1 Å². The summed E-state index contributed by atoms with van der Waals surface area (Å²) in [7, 11) is 0. The standard InChI is InChI=1S/C15H22N2O/c1-3-16-14-8-5-9-17(15(14)18)11-13-7-4-6-12(2)10-13/h4,6-7,10,14,16H,3,5,8-9,11H2,1-2H3. The van der Waals surface area contributed by atoms with Crippen molar-refractivity contribution >= 4 is 5.91 Å². The molecule has 1 aliphatic heterocycles. The fourth-order valence-corrected chi connectivity index (χ4v) is 2.56. The van der Waals surface area contributed by atoms with Crippen LogP contribution in [0.25, 0.3) is 0 Å². The second-order valence-electron chi connectivity index (χ2n) is 5.00. The summed E-state index contributed by atoms with van der Waals surface area (Å²) < 4.78 is 0. The third kappa shape index (κ3) is 3.10. The minimum absolute atomic E-state index is 0.0218. The first-order valence-electron chi connectivity index (χ1n) is 6.78. The second kappa shape index (κ2) is 6.01. The highest BCUT2D eigenvalue weighted by Crippen LogP contribution is 2.15. The van der Waals surface area contributed by atoms with E-state index in [1.54, 1.807) is 0 Å². The predicted molar refractivity (Wildman–Crippen MR) is 73.3 cm³/mol. The molecule has 98 valence electrons. The Morgan fingerprint density at radius 2 is 2.28 bits per heavy atom. The van der Waals surface area contributed by atoms with E-state index >= 15 is 0 Å². The lowest BCUT2D eigenvalue weighted by Gasteiger charge is -2.32. The number of hydrogen-bond donors (Lipinski definition) is 1. The van der Waals surface area contributed by atoms with E-state index in [4.69, 9.17) is 0 Å². The van der Waals surface area contributed by atoms with Gasteiger partial charge in [-0.2, -0.15) is 0 Å². The van der Waals surface area contributed by atoms with Gasteiger partial charge in [0.15, 0.2) is 0 Å². The van der Waals surface area contributed by atoms with Crippen molar-refractivity contribution in [1.82, 2.24) is 10.2 Å². The van der Waals surface area contributed by atoms with Crippen molar-refractivity contribution < 1.29 is 4.79 Å². The molecule has 1 atom stereocenters. The first-order valence-corrected chi connectivity index (χ1v) is 6.78. The summed E-state index contributed by atoms with van der Waals surface area (Å²) in [6, 6.07) is 8.42. The Bertz CT molecular complexity index is 415. The summed E-state index contributed by atoms with van der Waals surface area (Å²) >= 11 is 0. The molecule has 3 nitrogen and oxygen atoms in total. The molecule has 1 aromatic rings. The van der Waals surface area contributed by atoms with Crippen molar-refractivity contribution in [3.8, 4) is 0 Å². The van der Waals surface area contributed by atoms with Crippen LogP contribution < -0.4 is 5.32 Å². The molecule has 1 aromatic carbocycles. The molecule has 18 heavy (non-hydrogen) atoms. The molecule has 1 aliphatic rings. The van der Waals surface area contributed by atoms with Gasteiger partial charge in [-0.25, -0.2) is 0 Å². The van der Waals surface area contributed by atoms with Gasteiger partial charge < -0.3 is 10.2 Å². The van der Waals surface area contributed by atoms with Crippen LogP contribution in [-0.2, 0) is 11.3 Å². The molecule has 0 aromatic heterocycles. The highest BCUT2D eigenvalue weighted by molar-refractivity contribution is 5.82. The van der Waals surface area contributed by atoms with Crippen LogP contribution in [0.15, 0.2) is 24.3 Å². The molecule has 1 fully saturated rings. The van der Waals surface area contributed by atoms with Crippen LogP contribution in [0, 0.1) is 6.92 Å². The third-order valence-corrected chi connectivity index (χ3v) is 3.44. The molecular weight excluding hydrogens is 224 g/mol. The van der Waals surface area contributed by atoms with Crippen LogP contribution in [0.2, 0.25) is 0 Å². The summed E-state index contributed by atoms with van der Waals surface area (Å²) in [6.07, 6.45) is 2.06. The molecule has 1 amide bonds. The van der Waals surface area contributed by atoms with Crippen LogP contribution in [-0.4, -0.2) is 29.9 Å². The van der Waals surface area contributed by atoms with Crippen LogP contribution in [0.3, 0.4) is 0 Å². The lowest BCUT2D eigenvalue weighted by atomic mass is 10.0. The van der Waals surface area contributed by atoms with Crippen molar-refractivity contribution in [3.63, 3.8) is 0 Å². The van der Waals surface area contributed by atoms with Crippen molar-refractivity contribution in [2.45, 2.75) is 39.3 Å². The van der Waals surface area contributed by atoms with Gasteiger partial charge in [-0.15, -0.1) is 0 Å². The molecule has 1 N–H and O–H groups in total. The van der Waals surface area contributed by atoms with Gasteiger partial charge in [0.05, 0.1) is 6.04 Å². The van der Waals surface area contributed by atoms with Crippen LogP contribution in [0.5, 0.6) is 0 Å². The molecule has 0 spiro atoms. The number of nitrogens with one attached hydrogen (secondary N) is 1. The van der Waals surface area contributed by atoms with Crippen molar-refractivity contribution in [2.24, 2.45) is 0 Å². The Morgan fingerprint density at radius 1 is 1.44 bits per heavy atom. The van der Waals surface area contributed by atoms with Gasteiger partial charge in [0.25, 0.3) is 0 Å². The van der Waals surface area contributed by atoms with E-state index in [0.29, 0.717) is 0 Å². The number of rotatable bonds is 4. The van der Waals surface area contributed by atoms with Gasteiger partial charge in [-0.3, -0.25) is 4.79 Å². The maximum Gasteiger partial charge on any atom is 0.240 e. The Hall–Kier alpha value is -1.35. The highest BCUT2D eigenvalue weighted by atomic mass is 16.2. The van der Waals surface area contributed by atoms with Crippen molar-refractivity contribution in [2.75, 3.05) is 13.1 Å². The Kier molecular flexibility index (Phi) is 4.37. The number of piperidine rings is 1. The Labute approximate surface area is 109 Å². The summed E-state index contributed by atoms with van der Waals surface area (Å²) in [5.74, 6) is 0.254. The van der Waals surface area contributed by atoms with Gasteiger partial charge in [-0.1, -0.05) is 36.8 Å². The van der Waals surface area contributed by atoms with E-state index in [2.05, 4.69) is 36.5 Å². The van der Waals surface area contributed by atoms with Crippen LogP contribution in [0.1, 0.15) is 30.9 Å². The predicted octanol–water partition coefficient (Wildman–Crippen LogP) is 2.10. The SMILES string of the molecule is CCNC1CCCN(Cc2cccc(C)c2)C1=O. The normalized spacial score (nSPS) is 20.2. The minimum atomic E-state index is 0.0218. The Balaban J connectivity index is 2.02. The maximum absolute atomic E-state index is 12.3. The summed E-state index contributed by atoms with van der Waals surface area (Å²) in [6.45, 7) is 6.61. The summed E-state index contributed by atoms with van der Waals surface area (Å²) in [4.78, 5) is 14.2. The van der Waals surface area contributed by atoms with Crippen LogP contribution in [0.4, 0.5) is 0 Å². The number of hydrogen-bond acceptors (Lipinski definition) is 2. The number of amides is 1. The van der Waals surface area contributed by atoms with Crippen molar-refractivity contribution in [1.29, 1.82) is 0 Å². The smallest absolute Gasteiger partial charge is 0.240 e. The quantitative estimate of drug-likeness (QED) is 0.882. The van der Waals surface area contributed by atoms with E-state index < -0.39 is 0 Å². The molecule has 0 bridgehead atoms. The second-order valence-corrected chi connectivity index (χ2v) is 5.00. The van der Waals surface area contributed by atoms with Crippen LogP contribution >= 0.6 is 0 Å². The number of benzene rings is 1. The van der Waals surface area contributed by atoms with E-state index in [1.807, 2.05) is 11.8 Å². The van der Waals surface area contributed by atoms with E-state index in [1.165, 1.54) is 11.1 Å². The number of carbonyl (C=O) groups is 1. The van der Waals surface area contributed by atoms with Gasteiger partial charge >= 0.3 is 0 Å². The largest absolute Gasteiger partial charge is 0.337 e. The average molecular weight is 246 g/mol. The zero-order valence-electron chi connectivity index (χ0n) is 11.3. The molecule has 2 rings (SSSR count).